The predicted octanol–water partition coefficient (Wildman–Crippen LogP) is 1.29. The lowest BCUT2D eigenvalue weighted by Crippen LogP contribution is -2.32. The van der Waals surface area contributed by atoms with Gasteiger partial charge in [0.05, 0.1) is 5.25 Å². The first-order valence-corrected chi connectivity index (χ1v) is 9.61. The number of anilines is 1. The third kappa shape index (κ3) is 2.72. The van der Waals surface area contributed by atoms with Crippen molar-refractivity contribution < 1.29 is 8.42 Å². The third-order valence-electron chi connectivity index (χ3n) is 4.90. The third-order valence-corrected chi connectivity index (χ3v) is 7.41. The number of rotatable bonds is 3. The zero-order chi connectivity index (χ0) is 15.7. The largest absolute Gasteiger partial charge is 0.341 e. The van der Waals surface area contributed by atoms with Crippen LogP contribution in [0, 0.1) is 5.92 Å². The van der Waals surface area contributed by atoms with Gasteiger partial charge in [-0.05, 0) is 30.7 Å². The molecule has 2 aliphatic heterocycles. The van der Waals surface area contributed by atoms with Gasteiger partial charge in [-0.2, -0.15) is 0 Å². The van der Waals surface area contributed by atoms with E-state index in [0.29, 0.717) is 26.1 Å². The van der Waals surface area contributed by atoms with Gasteiger partial charge in [-0.1, -0.05) is 13.8 Å². The molecule has 0 aromatic carbocycles. The van der Waals surface area contributed by atoms with E-state index < -0.39 is 10.0 Å². The first kappa shape index (κ1) is 15.7. The second kappa shape index (κ2) is 6.12. The maximum atomic E-state index is 12.5. The minimum absolute atomic E-state index is 0.229. The summed E-state index contributed by atoms with van der Waals surface area (Å²) in [5.74, 6) is 0.965. The van der Waals surface area contributed by atoms with Gasteiger partial charge in [0.15, 0.2) is 0 Å². The first-order valence-electron chi connectivity index (χ1n) is 8.11. The monoisotopic (exact) mass is 324 g/mol. The Morgan fingerprint density at radius 1 is 1.18 bits per heavy atom. The molecular weight excluding hydrogens is 300 g/mol. The Kier molecular flexibility index (Phi) is 4.36. The zero-order valence-electron chi connectivity index (χ0n) is 13.3. The number of hydrogen-bond acceptors (Lipinski definition) is 5. The SMILES string of the molecule is CCc1cnc(N2CC[C@H]3CN(CC)S(=O)(=O)[C@H]3CC2)nc1. The molecule has 0 unspecified atom stereocenters. The van der Waals surface area contributed by atoms with Gasteiger partial charge in [0.2, 0.25) is 16.0 Å². The summed E-state index contributed by atoms with van der Waals surface area (Å²) in [6, 6.07) is 0. The van der Waals surface area contributed by atoms with Crippen LogP contribution in [-0.2, 0) is 16.4 Å². The van der Waals surface area contributed by atoms with Crippen molar-refractivity contribution in [3.05, 3.63) is 18.0 Å². The highest BCUT2D eigenvalue weighted by Crippen LogP contribution is 2.34. The van der Waals surface area contributed by atoms with E-state index in [0.717, 1.165) is 30.9 Å². The molecule has 0 spiro atoms. The van der Waals surface area contributed by atoms with E-state index in [1.165, 1.54) is 0 Å². The van der Waals surface area contributed by atoms with Gasteiger partial charge in [0.25, 0.3) is 0 Å². The lowest BCUT2D eigenvalue weighted by molar-refractivity contribution is 0.398. The average molecular weight is 324 g/mol. The van der Waals surface area contributed by atoms with E-state index >= 15 is 0 Å². The van der Waals surface area contributed by atoms with Crippen LogP contribution in [0.1, 0.15) is 32.3 Å². The Morgan fingerprint density at radius 3 is 2.50 bits per heavy atom. The lowest BCUT2D eigenvalue weighted by Gasteiger charge is -2.21. The fraction of sp³-hybridized carbons (Fsp3) is 0.733. The fourth-order valence-corrected chi connectivity index (χ4v) is 5.75. The summed E-state index contributed by atoms with van der Waals surface area (Å²) in [7, 11) is -3.11. The molecule has 1 aromatic heterocycles. The number of nitrogens with zero attached hydrogens (tertiary/aromatic N) is 4. The van der Waals surface area contributed by atoms with E-state index in [2.05, 4.69) is 21.8 Å². The van der Waals surface area contributed by atoms with Crippen LogP contribution >= 0.6 is 0 Å². The van der Waals surface area contributed by atoms with E-state index in [-0.39, 0.29) is 11.2 Å². The maximum absolute atomic E-state index is 12.5. The summed E-state index contributed by atoms with van der Waals surface area (Å²) in [5.41, 5.74) is 1.12. The van der Waals surface area contributed by atoms with E-state index in [9.17, 15) is 8.42 Å². The van der Waals surface area contributed by atoms with Crippen LogP contribution in [0.25, 0.3) is 0 Å². The Bertz CT molecular complexity index is 617. The van der Waals surface area contributed by atoms with Gasteiger partial charge in [0, 0.05) is 38.6 Å². The average Bonchev–Trinajstić information content (AvgIpc) is 2.68. The molecular formula is C15H24N4O2S. The second-order valence-corrected chi connectivity index (χ2v) is 8.26. The van der Waals surface area contributed by atoms with Gasteiger partial charge < -0.3 is 4.90 Å². The molecule has 2 fully saturated rings. The summed E-state index contributed by atoms with van der Waals surface area (Å²) in [6.45, 7) is 6.80. The Balaban J connectivity index is 1.74. The van der Waals surface area contributed by atoms with Crippen molar-refractivity contribution in [2.24, 2.45) is 5.92 Å². The summed E-state index contributed by atoms with van der Waals surface area (Å²) in [4.78, 5) is 11.0. The van der Waals surface area contributed by atoms with Crippen molar-refractivity contribution in [3.63, 3.8) is 0 Å². The molecule has 3 rings (SSSR count). The van der Waals surface area contributed by atoms with Crippen LogP contribution in [0.2, 0.25) is 0 Å². The highest BCUT2D eigenvalue weighted by molar-refractivity contribution is 7.90. The minimum atomic E-state index is -3.11. The molecule has 0 saturated carbocycles. The molecule has 3 heterocycles. The number of sulfonamides is 1. The van der Waals surface area contributed by atoms with Gasteiger partial charge >= 0.3 is 0 Å². The lowest BCUT2D eigenvalue weighted by atomic mass is 10.0. The molecule has 6 nitrogen and oxygen atoms in total. The summed E-state index contributed by atoms with van der Waals surface area (Å²) < 4.78 is 26.7. The maximum Gasteiger partial charge on any atom is 0.225 e. The van der Waals surface area contributed by atoms with Gasteiger partial charge in [-0.25, -0.2) is 22.7 Å². The summed E-state index contributed by atoms with van der Waals surface area (Å²) >= 11 is 0. The van der Waals surface area contributed by atoms with Crippen molar-refractivity contribution in [2.45, 2.75) is 38.4 Å². The highest BCUT2D eigenvalue weighted by Gasteiger charge is 2.46. The fourth-order valence-electron chi connectivity index (χ4n) is 3.50. The standard InChI is InChI=1S/C15H24N4O2S/c1-3-12-9-16-15(17-10-12)18-7-5-13-11-19(4-2)22(20,21)14(13)6-8-18/h9-10,13-14H,3-8,11H2,1-2H3/t13-,14-/m0/s1. The molecule has 1 aromatic rings. The van der Waals surface area contributed by atoms with E-state index in [1.807, 2.05) is 19.3 Å². The number of hydrogen-bond donors (Lipinski definition) is 0. The molecule has 2 saturated heterocycles. The molecule has 0 bridgehead atoms. The molecule has 2 atom stereocenters. The van der Waals surface area contributed by atoms with Crippen LogP contribution < -0.4 is 4.90 Å². The van der Waals surface area contributed by atoms with Crippen LogP contribution in [0.3, 0.4) is 0 Å². The van der Waals surface area contributed by atoms with Gasteiger partial charge in [-0.3, -0.25) is 0 Å². The minimum Gasteiger partial charge on any atom is -0.341 e. The second-order valence-electron chi connectivity index (χ2n) is 6.10. The molecule has 0 aliphatic carbocycles. The molecule has 0 amide bonds. The quantitative estimate of drug-likeness (QED) is 0.838. The van der Waals surface area contributed by atoms with E-state index in [4.69, 9.17) is 0 Å². The molecule has 7 heteroatoms. The van der Waals surface area contributed by atoms with Crippen molar-refractivity contribution >= 4 is 16.0 Å². The Morgan fingerprint density at radius 2 is 1.86 bits per heavy atom. The first-order chi connectivity index (χ1) is 10.6. The van der Waals surface area contributed by atoms with Crippen LogP contribution in [0.5, 0.6) is 0 Å². The topological polar surface area (TPSA) is 66.4 Å². The van der Waals surface area contributed by atoms with Crippen molar-refractivity contribution in [2.75, 3.05) is 31.1 Å². The van der Waals surface area contributed by atoms with Gasteiger partial charge in [-0.15, -0.1) is 0 Å². The smallest absolute Gasteiger partial charge is 0.225 e. The highest BCUT2D eigenvalue weighted by atomic mass is 32.2. The van der Waals surface area contributed by atoms with Crippen molar-refractivity contribution in [3.8, 4) is 0 Å². The molecule has 22 heavy (non-hydrogen) atoms. The van der Waals surface area contributed by atoms with Gasteiger partial charge in [0.1, 0.15) is 0 Å². The van der Waals surface area contributed by atoms with Crippen LogP contribution in [-0.4, -0.2) is 54.1 Å². The Hall–Kier alpha value is -1.21. The zero-order valence-corrected chi connectivity index (χ0v) is 14.1. The number of aryl methyl sites for hydroxylation is 1. The number of fused-ring (bicyclic) bond motifs is 1. The normalized spacial score (nSPS) is 28.4. The van der Waals surface area contributed by atoms with Crippen molar-refractivity contribution in [1.82, 2.24) is 14.3 Å². The van der Waals surface area contributed by atoms with Crippen LogP contribution in [0.15, 0.2) is 12.4 Å². The molecule has 0 N–H and O–H groups in total. The Labute approximate surface area is 132 Å². The molecule has 2 aliphatic rings. The summed E-state index contributed by atoms with van der Waals surface area (Å²) in [6.07, 6.45) is 6.21. The van der Waals surface area contributed by atoms with E-state index in [1.54, 1.807) is 4.31 Å². The summed E-state index contributed by atoms with van der Waals surface area (Å²) in [5, 5.41) is -0.229. The van der Waals surface area contributed by atoms with Crippen molar-refractivity contribution in [1.29, 1.82) is 0 Å². The number of aromatic nitrogens is 2. The molecule has 0 radical (unpaired) electrons. The predicted molar refractivity (Wildman–Crippen MR) is 86.3 cm³/mol. The molecule has 122 valence electrons. The van der Waals surface area contributed by atoms with Crippen LogP contribution in [0.4, 0.5) is 5.95 Å².